The third-order valence-corrected chi connectivity index (χ3v) is 5.20. The van der Waals surface area contributed by atoms with Crippen molar-refractivity contribution in [2.45, 2.75) is 0 Å². The lowest BCUT2D eigenvalue weighted by Gasteiger charge is -2.11. The Morgan fingerprint density at radius 2 is 1.76 bits per heavy atom. The second-order valence-electron chi connectivity index (χ2n) is 6.09. The van der Waals surface area contributed by atoms with Crippen LogP contribution in [0.5, 0.6) is 5.75 Å². The number of methoxy groups -OCH3 is 1. The molecule has 0 aliphatic carbocycles. The van der Waals surface area contributed by atoms with Gasteiger partial charge in [0.05, 0.1) is 22.8 Å². The molecule has 1 aromatic heterocycles. The highest BCUT2D eigenvalue weighted by Crippen LogP contribution is 2.33. The van der Waals surface area contributed by atoms with Crippen LogP contribution < -0.4 is 10.1 Å². The number of fused-ring (bicyclic) bond motifs is 1. The van der Waals surface area contributed by atoms with Crippen LogP contribution in [0.3, 0.4) is 0 Å². The van der Waals surface area contributed by atoms with Gasteiger partial charge in [-0.3, -0.25) is 4.79 Å². The number of nitrogens with one attached hydrogen (secondary N) is 1. The number of rotatable bonds is 4. The summed E-state index contributed by atoms with van der Waals surface area (Å²) in [6, 6.07) is 14.6. The molecule has 1 N–H and O–H groups in total. The lowest BCUT2D eigenvalue weighted by molar-refractivity contribution is 0.102. The maximum Gasteiger partial charge on any atom is 0.259 e. The molecular weight excluding hydrogens is 507 g/mol. The first-order valence-electron chi connectivity index (χ1n) is 8.42. The van der Waals surface area contributed by atoms with Crippen LogP contribution in [0, 0.1) is 5.82 Å². The number of anilines is 1. The van der Waals surface area contributed by atoms with Crippen molar-refractivity contribution in [3.63, 3.8) is 0 Å². The fourth-order valence-corrected chi connectivity index (χ4v) is 4.20. The molecule has 0 unspecified atom stereocenters. The molecule has 0 saturated heterocycles. The van der Waals surface area contributed by atoms with E-state index in [9.17, 15) is 9.18 Å². The Kier molecular flexibility index (Phi) is 5.33. The molecule has 0 spiro atoms. The number of amides is 1. The van der Waals surface area contributed by atoms with Gasteiger partial charge in [0, 0.05) is 10.2 Å². The zero-order valence-corrected chi connectivity index (χ0v) is 18.2. The summed E-state index contributed by atoms with van der Waals surface area (Å²) in [5.74, 6) is -0.215. The Balaban J connectivity index is 1.64. The number of hydrogen-bond donors (Lipinski definition) is 1. The van der Waals surface area contributed by atoms with E-state index in [2.05, 4.69) is 47.4 Å². The molecule has 0 aliphatic heterocycles. The molecule has 4 aromatic rings. The molecule has 1 amide bonds. The van der Waals surface area contributed by atoms with Crippen LogP contribution in [-0.2, 0) is 0 Å². The third kappa shape index (κ3) is 4.01. The van der Waals surface area contributed by atoms with Gasteiger partial charge in [-0.05, 0) is 70.5 Å². The van der Waals surface area contributed by atoms with E-state index in [-0.39, 0.29) is 11.7 Å². The van der Waals surface area contributed by atoms with Crippen molar-refractivity contribution in [1.82, 2.24) is 15.0 Å². The minimum atomic E-state index is -0.329. The number of aromatic nitrogens is 3. The zero-order valence-electron chi connectivity index (χ0n) is 15.0. The summed E-state index contributed by atoms with van der Waals surface area (Å²) in [5, 5.41) is 11.6. The molecule has 3 aromatic carbocycles. The summed E-state index contributed by atoms with van der Waals surface area (Å²) < 4.78 is 19.9. The molecule has 4 rings (SSSR count). The highest BCUT2D eigenvalue weighted by Gasteiger charge is 2.17. The molecule has 1 heterocycles. The highest BCUT2D eigenvalue weighted by atomic mass is 79.9. The Morgan fingerprint density at radius 1 is 1.03 bits per heavy atom. The van der Waals surface area contributed by atoms with E-state index in [4.69, 9.17) is 4.74 Å². The van der Waals surface area contributed by atoms with Gasteiger partial charge in [-0.25, -0.2) is 4.39 Å². The average Bonchev–Trinajstić information content (AvgIpc) is 3.11. The summed E-state index contributed by atoms with van der Waals surface area (Å²) in [6.45, 7) is 0. The number of halogens is 3. The fourth-order valence-electron chi connectivity index (χ4n) is 2.82. The first kappa shape index (κ1) is 19.5. The molecule has 0 aliphatic rings. The quantitative estimate of drug-likeness (QED) is 0.395. The van der Waals surface area contributed by atoms with E-state index >= 15 is 0 Å². The van der Waals surface area contributed by atoms with Crippen LogP contribution in [0.15, 0.2) is 63.5 Å². The van der Waals surface area contributed by atoms with E-state index in [0.29, 0.717) is 38.2 Å². The van der Waals surface area contributed by atoms with Crippen LogP contribution in [-0.4, -0.2) is 28.0 Å². The van der Waals surface area contributed by atoms with Crippen LogP contribution in [0.25, 0.3) is 16.7 Å². The van der Waals surface area contributed by atoms with Gasteiger partial charge in [0.15, 0.2) is 0 Å². The Hall–Kier alpha value is -2.78. The van der Waals surface area contributed by atoms with Gasteiger partial charge in [-0.2, -0.15) is 4.80 Å². The smallest absolute Gasteiger partial charge is 0.259 e. The van der Waals surface area contributed by atoms with E-state index in [1.165, 1.54) is 24.0 Å². The Morgan fingerprint density at radius 3 is 2.48 bits per heavy atom. The van der Waals surface area contributed by atoms with E-state index in [1.54, 1.807) is 42.5 Å². The minimum Gasteiger partial charge on any atom is -0.495 e. The number of hydrogen-bond acceptors (Lipinski definition) is 4. The van der Waals surface area contributed by atoms with E-state index in [0.717, 1.165) is 4.47 Å². The van der Waals surface area contributed by atoms with Crippen molar-refractivity contribution in [2.75, 3.05) is 12.4 Å². The first-order chi connectivity index (χ1) is 13.9. The number of ether oxygens (including phenoxy) is 1. The fraction of sp³-hybridized carbons (Fsp3) is 0.0500. The van der Waals surface area contributed by atoms with Gasteiger partial charge in [-0.15, -0.1) is 10.2 Å². The molecule has 146 valence electrons. The minimum absolute atomic E-state index is 0.325. The molecular formula is C20H13Br2FN4O2. The summed E-state index contributed by atoms with van der Waals surface area (Å²) in [5.41, 5.74) is 2.82. The van der Waals surface area contributed by atoms with Crippen molar-refractivity contribution in [1.29, 1.82) is 0 Å². The van der Waals surface area contributed by atoms with Crippen LogP contribution in [0.4, 0.5) is 10.1 Å². The van der Waals surface area contributed by atoms with Crippen molar-refractivity contribution >= 4 is 54.5 Å². The van der Waals surface area contributed by atoms with Gasteiger partial charge in [-0.1, -0.05) is 15.9 Å². The zero-order chi connectivity index (χ0) is 20.5. The van der Waals surface area contributed by atoms with Gasteiger partial charge >= 0.3 is 0 Å². The van der Waals surface area contributed by atoms with Gasteiger partial charge < -0.3 is 10.1 Å². The highest BCUT2D eigenvalue weighted by molar-refractivity contribution is 9.11. The van der Waals surface area contributed by atoms with Crippen LogP contribution >= 0.6 is 31.9 Å². The normalized spacial score (nSPS) is 10.9. The first-order valence-corrected chi connectivity index (χ1v) is 10.0. The molecule has 0 saturated carbocycles. The van der Waals surface area contributed by atoms with Gasteiger partial charge in [0.25, 0.3) is 5.91 Å². The number of nitrogens with zero attached hydrogens (tertiary/aromatic N) is 3. The maximum atomic E-state index is 13.1. The van der Waals surface area contributed by atoms with Crippen molar-refractivity contribution in [3.05, 3.63) is 74.9 Å². The lowest BCUT2D eigenvalue weighted by Crippen LogP contribution is -2.13. The van der Waals surface area contributed by atoms with Gasteiger partial charge in [0.1, 0.15) is 22.6 Å². The molecule has 6 nitrogen and oxygen atoms in total. The summed E-state index contributed by atoms with van der Waals surface area (Å²) >= 11 is 6.78. The summed E-state index contributed by atoms with van der Waals surface area (Å²) in [7, 11) is 1.50. The van der Waals surface area contributed by atoms with Crippen molar-refractivity contribution in [3.8, 4) is 11.4 Å². The molecule has 0 bridgehead atoms. The van der Waals surface area contributed by atoms with E-state index < -0.39 is 0 Å². The maximum absolute atomic E-state index is 13.1. The standard InChI is InChI=1S/C20H13Br2FN4O2/c1-29-19-15(8-11(21)9-16(19)22)20(28)24-13-4-7-17-18(10-13)26-27(25-17)14-5-2-12(23)3-6-14/h2-10H,1H3,(H,24,28). The number of carbonyl (C=O) groups is 1. The lowest BCUT2D eigenvalue weighted by atomic mass is 10.1. The molecule has 9 heteroatoms. The predicted octanol–water partition coefficient (Wildman–Crippen LogP) is 5.35. The predicted molar refractivity (Wildman–Crippen MR) is 115 cm³/mol. The van der Waals surface area contributed by atoms with Crippen molar-refractivity contribution in [2.24, 2.45) is 0 Å². The molecule has 29 heavy (non-hydrogen) atoms. The summed E-state index contributed by atoms with van der Waals surface area (Å²) in [4.78, 5) is 14.2. The Bertz CT molecular complexity index is 1230. The Labute approximate surface area is 181 Å². The summed E-state index contributed by atoms with van der Waals surface area (Å²) in [6.07, 6.45) is 0. The van der Waals surface area contributed by atoms with E-state index in [1.807, 2.05) is 0 Å². The average molecular weight is 520 g/mol. The largest absolute Gasteiger partial charge is 0.495 e. The van der Waals surface area contributed by atoms with Crippen LogP contribution in [0.2, 0.25) is 0 Å². The topological polar surface area (TPSA) is 69.0 Å². The second-order valence-corrected chi connectivity index (χ2v) is 7.86. The van der Waals surface area contributed by atoms with Gasteiger partial charge in [0.2, 0.25) is 0 Å². The molecule has 0 fully saturated rings. The van der Waals surface area contributed by atoms with Crippen LogP contribution in [0.1, 0.15) is 10.4 Å². The monoisotopic (exact) mass is 518 g/mol. The molecule has 0 atom stereocenters. The van der Waals surface area contributed by atoms with Crippen molar-refractivity contribution < 1.29 is 13.9 Å². The SMILES string of the molecule is COc1c(Br)cc(Br)cc1C(=O)Nc1ccc2nn(-c3ccc(F)cc3)nc2c1. The third-order valence-electron chi connectivity index (χ3n) is 4.15. The number of carbonyl (C=O) groups excluding carboxylic acids is 1. The second kappa shape index (κ2) is 7.92. The number of benzene rings is 3. The molecule has 0 radical (unpaired) electrons.